The van der Waals surface area contributed by atoms with E-state index in [0.29, 0.717) is 18.7 Å². The molecular weight excluding hydrogens is 515 g/mol. The quantitative estimate of drug-likeness (QED) is 0.247. The van der Waals surface area contributed by atoms with Crippen LogP contribution < -0.4 is 16.0 Å². The molecule has 0 aliphatic carbocycles. The number of amides is 1. The predicted octanol–water partition coefficient (Wildman–Crippen LogP) is 4.28. The summed E-state index contributed by atoms with van der Waals surface area (Å²) in [7, 11) is 1.64. The highest BCUT2D eigenvalue weighted by molar-refractivity contribution is 14.0. The van der Waals surface area contributed by atoms with Gasteiger partial charge in [-0.25, -0.2) is 4.99 Å². The van der Waals surface area contributed by atoms with Gasteiger partial charge in [0.1, 0.15) is 0 Å². The van der Waals surface area contributed by atoms with Crippen molar-refractivity contribution in [3.8, 4) is 0 Å². The topological polar surface area (TPSA) is 74.8 Å². The predicted molar refractivity (Wildman–Crippen MR) is 143 cm³/mol. The van der Waals surface area contributed by atoms with Crippen molar-refractivity contribution in [3.05, 3.63) is 70.8 Å². The Morgan fingerprint density at radius 2 is 1.69 bits per heavy atom. The van der Waals surface area contributed by atoms with Crippen LogP contribution in [0.1, 0.15) is 54.7 Å². The summed E-state index contributed by atoms with van der Waals surface area (Å²) in [5.41, 5.74) is 3.92. The van der Waals surface area contributed by atoms with Crippen LogP contribution in [0.25, 0.3) is 0 Å². The molecule has 0 aromatic heterocycles. The fourth-order valence-corrected chi connectivity index (χ4v) is 2.97. The SMILES string of the molecule is CCNC(=NCc1cccc(COC(C)(C)C)c1)NCCc1cccc(C(=O)NC)c1.I. The van der Waals surface area contributed by atoms with Crippen molar-refractivity contribution in [2.75, 3.05) is 20.1 Å². The van der Waals surface area contributed by atoms with Crippen LogP contribution in [-0.4, -0.2) is 37.6 Å². The number of rotatable bonds is 9. The average Bonchev–Trinajstić information content (AvgIpc) is 2.75. The summed E-state index contributed by atoms with van der Waals surface area (Å²) in [6, 6.07) is 16.0. The van der Waals surface area contributed by atoms with Crippen molar-refractivity contribution in [3.63, 3.8) is 0 Å². The highest BCUT2D eigenvalue weighted by Gasteiger charge is 2.10. The van der Waals surface area contributed by atoms with Gasteiger partial charge in [-0.15, -0.1) is 24.0 Å². The molecule has 2 aromatic rings. The number of nitrogens with one attached hydrogen (secondary N) is 3. The Morgan fingerprint density at radius 3 is 2.38 bits per heavy atom. The van der Waals surface area contributed by atoms with E-state index in [1.54, 1.807) is 7.05 Å². The third-order valence-electron chi connectivity index (χ3n) is 4.55. The maximum Gasteiger partial charge on any atom is 0.251 e. The van der Waals surface area contributed by atoms with Gasteiger partial charge in [0.15, 0.2) is 5.96 Å². The van der Waals surface area contributed by atoms with Crippen molar-refractivity contribution in [2.45, 2.75) is 52.9 Å². The van der Waals surface area contributed by atoms with E-state index in [9.17, 15) is 4.79 Å². The number of hydrogen-bond acceptors (Lipinski definition) is 3. The number of carbonyl (C=O) groups excluding carboxylic acids is 1. The van der Waals surface area contributed by atoms with Crippen LogP contribution in [0, 0.1) is 0 Å². The third kappa shape index (κ3) is 10.5. The van der Waals surface area contributed by atoms with E-state index in [2.05, 4.69) is 61.8 Å². The number of hydrogen-bond donors (Lipinski definition) is 3. The molecule has 0 saturated heterocycles. The summed E-state index contributed by atoms with van der Waals surface area (Å²) >= 11 is 0. The molecule has 7 heteroatoms. The number of halogens is 1. The number of carbonyl (C=O) groups is 1. The highest BCUT2D eigenvalue weighted by Crippen LogP contribution is 2.13. The maximum absolute atomic E-state index is 11.8. The highest BCUT2D eigenvalue weighted by atomic mass is 127. The summed E-state index contributed by atoms with van der Waals surface area (Å²) in [4.78, 5) is 16.5. The Hall–Kier alpha value is -2.13. The molecule has 0 fully saturated rings. The summed E-state index contributed by atoms with van der Waals surface area (Å²) in [6.45, 7) is 10.9. The van der Waals surface area contributed by atoms with E-state index in [1.165, 1.54) is 0 Å². The Labute approximate surface area is 209 Å². The molecule has 0 aliphatic rings. The lowest BCUT2D eigenvalue weighted by molar-refractivity contribution is -0.0149. The van der Waals surface area contributed by atoms with Crippen molar-refractivity contribution in [1.29, 1.82) is 0 Å². The molecule has 0 radical (unpaired) electrons. The zero-order valence-electron chi connectivity index (χ0n) is 19.8. The van der Waals surface area contributed by atoms with E-state index < -0.39 is 0 Å². The van der Waals surface area contributed by atoms with Crippen molar-refractivity contribution >= 4 is 35.8 Å². The summed E-state index contributed by atoms with van der Waals surface area (Å²) in [6.07, 6.45) is 0.800. The van der Waals surface area contributed by atoms with Gasteiger partial charge in [-0.05, 0) is 62.9 Å². The summed E-state index contributed by atoms with van der Waals surface area (Å²) in [5, 5.41) is 9.32. The van der Waals surface area contributed by atoms with Crippen LogP contribution in [-0.2, 0) is 24.3 Å². The maximum atomic E-state index is 11.8. The minimum atomic E-state index is -0.157. The number of nitrogens with zero attached hydrogens (tertiary/aromatic N) is 1. The zero-order valence-corrected chi connectivity index (χ0v) is 22.2. The molecule has 32 heavy (non-hydrogen) atoms. The molecule has 6 nitrogen and oxygen atoms in total. The first kappa shape index (κ1) is 27.9. The molecule has 0 saturated carbocycles. The second-order valence-corrected chi connectivity index (χ2v) is 8.37. The van der Waals surface area contributed by atoms with E-state index in [4.69, 9.17) is 9.73 Å². The lowest BCUT2D eigenvalue weighted by Crippen LogP contribution is -2.38. The van der Waals surface area contributed by atoms with Gasteiger partial charge in [-0.1, -0.05) is 36.4 Å². The third-order valence-corrected chi connectivity index (χ3v) is 4.55. The molecule has 2 rings (SSSR count). The van der Waals surface area contributed by atoms with E-state index >= 15 is 0 Å². The first-order chi connectivity index (χ1) is 14.8. The van der Waals surface area contributed by atoms with Crippen LogP contribution in [0.15, 0.2) is 53.5 Å². The number of aliphatic imine (C=N–C) groups is 1. The van der Waals surface area contributed by atoms with Crippen molar-refractivity contribution in [1.82, 2.24) is 16.0 Å². The molecular formula is C25H37IN4O2. The van der Waals surface area contributed by atoms with Gasteiger partial charge in [0.05, 0.1) is 18.8 Å². The molecule has 0 spiro atoms. The Bertz CT molecular complexity index is 878. The summed E-state index contributed by atoms with van der Waals surface area (Å²) in [5.74, 6) is 0.709. The zero-order chi connectivity index (χ0) is 22.7. The van der Waals surface area contributed by atoms with Gasteiger partial charge in [-0.2, -0.15) is 0 Å². The normalized spacial score (nSPS) is 11.5. The van der Waals surface area contributed by atoms with Gasteiger partial charge < -0.3 is 20.7 Å². The Morgan fingerprint density at radius 1 is 1.00 bits per heavy atom. The standard InChI is InChI=1S/C25H36N4O2.HI/c1-6-27-24(28-14-13-19-9-8-12-22(16-19)23(30)26-5)29-17-20-10-7-11-21(15-20)18-31-25(2,3)4;/h7-12,15-16H,6,13-14,17-18H2,1-5H3,(H,26,30)(H2,27,28,29);1H. The number of ether oxygens (including phenoxy) is 1. The largest absolute Gasteiger partial charge is 0.371 e. The average molecular weight is 553 g/mol. The lowest BCUT2D eigenvalue weighted by Gasteiger charge is -2.19. The second-order valence-electron chi connectivity index (χ2n) is 8.37. The van der Waals surface area contributed by atoms with Gasteiger partial charge >= 0.3 is 0 Å². The van der Waals surface area contributed by atoms with Crippen LogP contribution in [0.5, 0.6) is 0 Å². The summed E-state index contributed by atoms with van der Waals surface area (Å²) < 4.78 is 5.87. The molecule has 0 heterocycles. The Kier molecular flexibility index (Phi) is 12.3. The number of benzene rings is 2. The van der Waals surface area contributed by atoms with Gasteiger partial charge in [0.2, 0.25) is 0 Å². The fraction of sp³-hybridized carbons (Fsp3) is 0.440. The molecule has 0 unspecified atom stereocenters. The molecule has 176 valence electrons. The first-order valence-corrected chi connectivity index (χ1v) is 10.9. The van der Waals surface area contributed by atoms with Gasteiger partial charge in [0, 0.05) is 25.7 Å². The molecule has 0 atom stereocenters. The van der Waals surface area contributed by atoms with Crippen LogP contribution >= 0.6 is 24.0 Å². The van der Waals surface area contributed by atoms with Crippen molar-refractivity contribution in [2.24, 2.45) is 4.99 Å². The van der Waals surface area contributed by atoms with E-state index in [0.717, 1.165) is 42.2 Å². The van der Waals surface area contributed by atoms with Crippen LogP contribution in [0.3, 0.4) is 0 Å². The fourth-order valence-electron chi connectivity index (χ4n) is 2.97. The molecule has 0 bridgehead atoms. The molecule has 0 aliphatic heterocycles. The van der Waals surface area contributed by atoms with Crippen LogP contribution in [0.2, 0.25) is 0 Å². The number of guanidine groups is 1. The van der Waals surface area contributed by atoms with Crippen LogP contribution in [0.4, 0.5) is 0 Å². The van der Waals surface area contributed by atoms with E-state index in [-0.39, 0.29) is 35.5 Å². The molecule has 2 aromatic carbocycles. The lowest BCUT2D eigenvalue weighted by atomic mass is 10.1. The first-order valence-electron chi connectivity index (χ1n) is 10.9. The van der Waals surface area contributed by atoms with E-state index in [1.807, 2.05) is 30.3 Å². The smallest absolute Gasteiger partial charge is 0.251 e. The van der Waals surface area contributed by atoms with Gasteiger partial charge in [-0.3, -0.25) is 4.79 Å². The monoisotopic (exact) mass is 552 g/mol. The minimum Gasteiger partial charge on any atom is -0.371 e. The molecule has 1 amide bonds. The van der Waals surface area contributed by atoms with Gasteiger partial charge in [0.25, 0.3) is 5.91 Å². The Balaban J connectivity index is 0.00000512. The van der Waals surface area contributed by atoms with Crippen molar-refractivity contribution < 1.29 is 9.53 Å². The second kappa shape index (κ2) is 14.1. The minimum absolute atomic E-state index is 0. The molecule has 3 N–H and O–H groups in total.